The smallest absolute Gasteiger partial charge is 0.264 e. The second kappa shape index (κ2) is 6.76. The molecule has 0 aliphatic carbocycles. The molecule has 1 unspecified atom stereocenters. The van der Waals surface area contributed by atoms with E-state index in [1.807, 2.05) is 0 Å². The molecule has 0 saturated heterocycles. The zero-order chi connectivity index (χ0) is 14.5. The maximum Gasteiger partial charge on any atom is 0.264 e. The maximum absolute atomic E-state index is 12.7. The quantitative estimate of drug-likeness (QED) is 0.831. The van der Waals surface area contributed by atoms with E-state index in [-0.39, 0.29) is 18.1 Å². The van der Waals surface area contributed by atoms with E-state index < -0.39 is 12.5 Å². The van der Waals surface area contributed by atoms with E-state index in [1.54, 1.807) is 12.1 Å². The number of hydrogen-bond acceptors (Lipinski definition) is 5. The molecule has 8 heteroatoms. The molecule has 1 atom stereocenters. The summed E-state index contributed by atoms with van der Waals surface area (Å²) in [5.41, 5.74) is 0. The summed E-state index contributed by atoms with van der Waals surface area (Å²) < 4.78 is 41.8. The van der Waals surface area contributed by atoms with Crippen LogP contribution in [0.1, 0.15) is 11.7 Å². The van der Waals surface area contributed by atoms with Gasteiger partial charge < -0.3 is 9.63 Å². The van der Waals surface area contributed by atoms with E-state index in [9.17, 15) is 13.2 Å². The Kier molecular flexibility index (Phi) is 5.02. The van der Waals surface area contributed by atoms with Crippen LogP contribution < -0.4 is 0 Å². The van der Waals surface area contributed by atoms with Gasteiger partial charge in [-0.3, -0.25) is 0 Å². The van der Waals surface area contributed by atoms with E-state index in [4.69, 9.17) is 9.63 Å². The van der Waals surface area contributed by atoms with Crippen LogP contribution >= 0.6 is 11.8 Å². The Labute approximate surface area is 117 Å². The lowest BCUT2D eigenvalue weighted by Gasteiger charge is -2.04. The van der Waals surface area contributed by atoms with Crippen LogP contribution in [-0.4, -0.2) is 27.8 Å². The fourth-order valence-electron chi connectivity index (χ4n) is 1.38. The van der Waals surface area contributed by atoms with Crippen molar-refractivity contribution in [2.45, 2.75) is 29.6 Å². The fraction of sp³-hybridized carbons (Fsp3) is 0.333. The molecule has 1 N–H and O–H groups in total. The van der Waals surface area contributed by atoms with Gasteiger partial charge in [-0.25, -0.2) is 13.2 Å². The van der Waals surface area contributed by atoms with Crippen molar-refractivity contribution in [2.75, 3.05) is 0 Å². The van der Waals surface area contributed by atoms with Crippen LogP contribution in [-0.2, 0) is 12.2 Å². The molecule has 1 heterocycles. The highest BCUT2D eigenvalue weighted by Gasteiger charge is 2.20. The van der Waals surface area contributed by atoms with Crippen molar-refractivity contribution >= 4 is 11.8 Å². The van der Waals surface area contributed by atoms with Crippen LogP contribution in [0.25, 0.3) is 0 Å². The van der Waals surface area contributed by atoms with E-state index in [2.05, 4.69) is 10.1 Å². The molecule has 0 fully saturated rings. The molecular weight excluding hydrogens is 293 g/mol. The number of halogens is 3. The minimum absolute atomic E-state index is 0.0347. The van der Waals surface area contributed by atoms with Gasteiger partial charge in [0, 0.05) is 4.90 Å². The van der Waals surface area contributed by atoms with Crippen molar-refractivity contribution in [2.24, 2.45) is 0 Å². The van der Waals surface area contributed by atoms with E-state index in [1.165, 1.54) is 23.9 Å². The first-order valence-corrected chi connectivity index (χ1v) is 6.69. The van der Waals surface area contributed by atoms with Crippen LogP contribution in [0, 0.1) is 5.82 Å². The van der Waals surface area contributed by atoms with Gasteiger partial charge in [-0.05, 0) is 24.3 Å². The summed E-state index contributed by atoms with van der Waals surface area (Å²) in [6, 6.07) is 5.90. The molecule has 0 saturated carbocycles. The molecule has 2 rings (SSSR count). The second-order valence-electron chi connectivity index (χ2n) is 3.95. The number of aromatic nitrogens is 2. The van der Waals surface area contributed by atoms with Gasteiger partial charge in [0.15, 0.2) is 5.82 Å². The number of rotatable bonds is 6. The molecule has 0 aliphatic rings. The van der Waals surface area contributed by atoms with Crippen LogP contribution in [0.5, 0.6) is 0 Å². The standard InChI is InChI=1S/C12H11F3N2O2S/c13-7-1-3-8(4-2-7)20-6-10-16-11(19-17-10)5-9(18)12(14)15/h1-4,9,12,18H,5-6H2. The largest absolute Gasteiger partial charge is 0.387 e. The Morgan fingerprint density at radius 1 is 1.25 bits per heavy atom. The lowest BCUT2D eigenvalue weighted by molar-refractivity contribution is -0.00754. The first kappa shape index (κ1) is 14.9. The van der Waals surface area contributed by atoms with Gasteiger partial charge in [-0.15, -0.1) is 11.8 Å². The third-order valence-corrected chi connectivity index (χ3v) is 3.37. The van der Waals surface area contributed by atoms with Gasteiger partial charge in [0.2, 0.25) is 5.89 Å². The number of hydrogen-bond donors (Lipinski definition) is 1. The summed E-state index contributed by atoms with van der Waals surface area (Å²) in [5.74, 6) is 0.334. The van der Waals surface area contributed by atoms with Gasteiger partial charge in [0.05, 0.1) is 12.2 Å². The average molecular weight is 304 g/mol. The summed E-state index contributed by atoms with van der Waals surface area (Å²) in [6.07, 6.45) is -5.04. The van der Waals surface area contributed by atoms with Crippen LogP contribution in [0.15, 0.2) is 33.7 Å². The minimum Gasteiger partial charge on any atom is -0.387 e. The topological polar surface area (TPSA) is 59.2 Å². The molecule has 0 radical (unpaired) electrons. The predicted molar refractivity (Wildman–Crippen MR) is 66.0 cm³/mol. The first-order valence-electron chi connectivity index (χ1n) is 5.70. The molecule has 0 aliphatic heterocycles. The Hall–Kier alpha value is -1.54. The molecule has 1 aromatic heterocycles. The Morgan fingerprint density at radius 3 is 2.60 bits per heavy atom. The van der Waals surface area contributed by atoms with Crippen molar-refractivity contribution in [1.82, 2.24) is 10.1 Å². The molecule has 0 bridgehead atoms. The van der Waals surface area contributed by atoms with Crippen molar-refractivity contribution in [1.29, 1.82) is 0 Å². The van der Waals surface area contributed by atoms with Crippen molar-refractivity contribution in [3.63, 3.8) is 0 Å². The highest BCUT2D eigenvalue weighted by molar-refractivity contribution is 7.98. The number of benzene rings is 1. The monoisotopic (exact) mass is 304 g/mol. The van der Waals surface area contributed by atoms with Gasteiger partial charge >= 0.3 is 0 Å². The zero-order valence-corrected chi connectivity index (χ0v) is 11.0. The Balaban J connectivity index is 1.88. The lowest BCUT2D eigenvalue weighted by atomic mass is 10.2. The first-order chi connectivity index (χ1) is 9.54. The Bertz CT molecular complexity index is 548. The molecule has 108 valence electrons. The normalized spacial score (nSPS) is 12.8. The molecular formula is C12H11F3N2O2S. The van der Waals surface area contributed by atoms with Crippen molar-refractivity contribution in [3.8, 4) is 0 Å². The summed E-state index contributed by atoms with van der Waals surface area (Å²) >= 11 is 1.36. The summed E-state index contributed by atoms with van der Waals surface area (Å²) in [6.45, 7) is 0. The highest BCUT2D eigenvalue weighted by atomic mass is 32.2. The lowest BCUT2D eigenvalue weighted by Crippen LogP contribution is -2.20. The maximum atomic E-state index is 12.7. The molecule has 1 aromatic carbocycles. The van der Waals surface area contributed by atoms with Crippen molar-refractivity contribution < 1.29 is 22.8 Å². The summed E-state index contributed by atoms with van der Waals surface area (Å²) in [4.78, 5) is 4.72. The number of aliphatic hydroxyl groups is 1. The number of alkyl halides is 2. The molecule has 0 amide bonds. The Morgan fingerprint density at radius 2 is 1.95 bits per heavy atom. The van der Waals surface area contributed by atoms with Crippen LogP contribution in [0.3, 0.4) is 0 Å². The predicted octanol–water partition coefficient (Wildman–Crippen LogP) is 2.67. The van der Waals surface area contributed by atoms with Gasteiger partial charge in [0.1, 0.15) is 11.9 Å². The minimum atomic E-state index is -2.85. The average Bonchev–Trinajstić information content (AvgIpc) is 2.85. The van der Waals surface area contributed by atoms with E-state index in [0.29, 0.717) is 11.6 Å². The SMILES string of the molecule is OC(Cc1nc(CSc2ccc(F)cc2)no1)C(F)F. The third-order valence-electron chi connectivity index (χ3n) is 2.37. The second-order valence-corrected chi connectivity index (χ2v) is 5.00. The highest BCUT2D eigenvalue weighted by Crippen LogP contribution is 2.21. The molecule has 20 heavy (non-hydrogen) atoms. The molecule has 2 aromatic rings. The number of aliphatic hydroxyl groups excluding tert-OH is 1. The van der Waals surface area contributed by atoms with Crippen LogP contribution in [0.4, 0.5) is 13.2 Å². The zero-order valence-electron chi connectivity index (χ0n) is 10.2. The number of thioether (sulfide) groups is 1. The van der Waals surface area contributed by atoms with E-state index >= 15 is 0 Å². The summed E-state index contributed by atoms with van der Waals surface area (Å²) in [5, 5.41) is 12.6. The van der Waals surface area contributed by atoms with E-state index in [0.717, 1.165) is 4.90 Å². The van der Waals surface area contributed by atoms with Crippen molar-refractivity contribution in [3.05, 3.63) is 41.8 Å². The molecule has 4 nitrogen and oxygen atoms in total. The number of nitrogens with zero attached hydrogens (tertiary/aromatic N) is 2. The fourth-order valence-corrected chi connectivity index (χ4v) is 2.12. The third kappa shape index (κ3) is 4.24. The summed E-state index contributed by atoms with van der Waals surface area (Å²) in [7, 11) is 0. The van der Waals surface area contributed by atoms with Gasteiger partial charge in [0.25, 0.3) is 6.43 Å². The molecule has 0 spiro atoms. The van der Waals surface area contributed by atoms with Gasteiger partial charge in [-0.1, -0.05) is 5.16 Å². The van der Waals surface area contributed by atoms with Gasteiger partial charge in [-0.2, -0.15) is 4.98 Å². The van der Waals surface area contributed by atoms with Crippen LogP contribution in [0.2, 0.25) is 0 Å².